The Kier molecular flexibility index (Phi) is 4.37. The van der Waals surface area contributed by atoms with Gasteiger partial charge in [-0.25, -0.2) is 0 Å². The summed E-state index contributed by atoms with van der Waals surface area (Å²) in [4.78, 5) is 14.1. The zero-order valence-electron chi connectivity index (χ0n) is 11.1. The molecule has 0 saturated carbocycles. The van der Waals surface area contributed by atoms with Gasteiger partial charge in [0.15, 0.2) is 0 Å². The molecule has 2 rings (SSSR count). The predicted molar refractivity (Wildman–Crippen MR) is 74.6 cm³/mol. The van der Waals surface area contributed by atoms with E-state index >= 15 is 0 Å². The van der Waals surface area contributed by atoms with Gasteiger partial charge in [-0.15, -0.1) is 0 Å². The fraction of sp³-hybridized carbons (Fsp3) is 0.533. The van der Waals surface area contributed by atoms with E-state index in [1.54, 1.807) is 0 Å². The minimum absolute atomic E-state index is 0.0742. The molecule has 3 nitrogen and oxygen atoms in total. The summed E-state index contributed by atoms with van der Waals surface area (Å²) >= 11 is 0. The minimum atomic E-state index is 0.0742. The highest BCUT2D eigenvalue weighted by atomic mass is 16.2. The summed E-state index contributed by atoms with van der Waals surface area (Å²) < 4.78 is 0. The van der Waals surface area contributed by atoms with Crippen molar-refractivity contribution in [2.24, 2.45) is 5.73 Å². The van der Waals surface area contributed by atoms with Gasteiger partial charge in [0.25, 0.3) is 0 Å². The van der Waals surface area contributed by atoms with Crippen LogP contribution in [-0.4, -0.2) is 18.5 Å². The van der Waals surface area contributed by atoms with E-state index in [1.807, 2.05) is 23.1 Å². The van der Waals surface area contributed by atoms with Gasteiger partial charge < -0.3 is 10.6 Å². The Bertz CT molecular complexity index is 417. The highest BCUT2D eigenvalue weighted by Crippen LogP contribution is 2.26. The Morgan fingerprint density at radius 3 is 2.89 bits per heavy atom. The molecule has 1 aliphatic rings. The van der Waals surface area contributed by atoms with Gasteiger partial charge in [0.2, 0.25) is 5.91 Å². The average molecular weight is 246 g/mol. The highest BCUT2D eigenvalue weighted by Gasteiger charge is 2.23. The number of hydrogen-bond donors (Lipinski definition) is 1. The van der Waals surface area contributed by atoms with Crippen LogP contribution in [0.4, 0.5) is 5.69 Å². The second-order valence-electron chi connectivity index (χ2n) is 5.04. The first-order valence-corrected chi connectivity index (χ1v) is 6.86. The smallest absolute Gasteiger partial charge is 0.227 e. The number of para-hydroxylation sites is 1. The molecule has 0 saturated heterocycles. The van der Waals surface area contributed by atoms with Crippen molar-refractivity contribution >= 4 is 11.6 Å². The number of anilines is 1. The summed E-state index contributed by atoms with van der Waals surface area (Å²) in [7, 11) is 0. The standard InChI is InChI=1S/C15H22N2O/c1-2-6-13(16)11-17-14-9-4-3-7-12(14)8-5-10-15(17)18/h3-4,7,9,13H,2,5-6,8,10-11,16H2,1H3. The summed E-state index contributed by atoms with van der Waals surface area (Å²) in [6.07, 6.45) is 4.58. The number of benzene rings is 1. The molecular weight excluding hydrogens is 224 g/mol. The third-order valence-corrected chi connectivity index (χ3v) is 3.50. The number of carbonyl (C=O) groups is 1. The molecule has 0 aromatic heterocycles. The number of nitrogens with zero attached hydrogens (tertiary/aromatic N) is 1. The van der Waals surface area contributed by atoms with Crippen molar-refractivity contribution in [2.75, 3.05) is 11.4 Å². The molecule has 0 bridgehead atoms. The third kappa shape index (κ3) is 2.91. The first-order chi connectivity index (χ1) is 8.72. The van der Waals surface area contributed by atoms with Crippen molar-refractivity contribution in [2.45, 2.75) is 45.1 Å². The van der Waals surface area contributed by atoms with Crippen LogP contribution in [-0.2, 0) is 11.2 Å². The van der Waals surface area contributed by atoms with E-state index in [4.69, 9.17) is 5.73 Å². The second kappa shape index (κ2) is 6.01. The van der Waals surface area contributed by atoms with Crippen LogP contribution in [0.25, 0.3) is 0 Å². The number of hydrogen-bond acceptors (Lipinski definition) is 2. The van der Waals surface area contributed by atoms with Crippen molar-refractivity contribution in [3.05, 3.63) is 29.8 Å². The van der Waals surface area contributed by atoms with Crippen LogP contribution in [0.2, 0.25) is 0 Å². The molecule has 0 radical (unpaired) electrons. The first kappa shape index (κ1) is 13.1. The summed E-state index contributed by atoms with van der Waals surface area (Å²) in [5, 5.41) is 0. The van der Waals surface area contributed by atoms with Gasteiger partial charge in [-0.05, 0) is 30.9 Å². The molecule has 1 amide bonds. The maximum Gasteiger partial charge on any atom is 0.227 e. The van der Waals surface area contributed by atoms with E-state index < -0.39 is 0 Å². The maximum absolute atomic E-state index is 12.2. The van der Waals surface area contributed by atoms with Gasteiger partial charge in [-0.2, -0.15) is 0 Å². The number of rotatable bonds is 4. The lowest BCUT2D eigenvalue weighted by atomic mass is 10.1. The molecular formula is C15H22N2O. The lowest BCUT2D eigenvalue weighted by molar-refractivity contribution is -0.118. The van der Waals surface area contributed by atoms with Gasteiger partial charge in [0, 0.05) is 24.7 Å². The SMILES string of the molecule is CCCC(N)CN1C(=O)CCCc2ccccc21. The zero-order valence-corrected chi connectivity index (χ0v) is 11.1. The van der Waals surface area contributed by atoms with Crippen molar-refractivity contribution in [1.82, 2.24) is 0 Å². The topological polar surface area (TPSA) is 46.3 Å². The third-order valence-electron chi connectivity index (χ3n) is 3.50. The van der Waals surface area contributed by atoms with Gasteiger partial charge in [0.1, 0.15) is 0 Å². The molecule has 1 atom stereocenters. The Hall–Kier alpha value is -1.35. The normalized spacial score (nSPS) is 17.2. The largest absolute Gasteiger partial charge is 0.326 e. The molecule has 0 fully saturated rings. The molecule has 0 aliphatic carbocycles. The van der Waals surface area contributed by atoms with E-state index in [1.165, 1.54) is 5.56 Å². The van der Waals surface area contributed by atoms with Crippen molar-refractivity contribution < 1.29 is 4.79 Å². The summed E-state index contributed by atoms with van der Waals surface area (Å²) in [6, 6.07) is 8.27. The lowest BCUT2D eigenvalue weighted by Gasteiger charge is -2.26. The van der Waals surface area contributed by atoms with Gasteiger partial charge >= 0.3 is 0 Å². The summed E-state index contributed by atoms with van der Waals surface area (Å²) in [5.74, 6) is 0.214. The van der Waals surface area contributed by atoms with Crippen LogP contribution in [0.5, 0.6) is 0 Å². The monoisotopic (exact) mass is 246 g/mol. The molecule has 1 aliphatic heterocycles. The Labute approximate surface area is 109 Å². The second-order valence-corrected chi connectivity index (χ2v) is 5.04. The number of carbonyl (C=O) groups excluding carboxylic acids is 1. The highest BCUT2D eigenvalue weighted by molar-refractivity contribution is 5.94. The van der Waals surface area contributed by atoms with Crippen LogP contribution in [0, 0.1) is 0 Å². The molecule has 3 heteroatoms. The Morgan fingerprint density at radius 1 is 1.33 bits per heavy atom. The van der Waals surface area contributed by atoms with E-state index in [9.17, 15) is 4.79 Å². The Balaban J connectivity index is 2.22. The van der Waals surface area contributed by atoms with Gasteiger partial charge in [-0.3, -0.25) is 4.79 Å². The number of fused-ring (bicyclic) bond motifs is 1. The number of amides is 1. The predicted octanol–water partition coefficient (Wildman–Crippen LogP) is 2.48. The van der Waals surface area contributed by atoms with Crippen LogP contribution >= 0.6 is 0 Å². The number of nitrogens with two attached hydrogens (primary N) is 1. The molecule has 1 aromatic rings. The fourth-order valence-corrected chi connectivity index (χ4v) is 2.58. The number of aryl methyl sites for hydroxylation is 1. The molecule has 18 heavy (non-hydrogen) atoms. The van der Waals surface area contributed by atoms with Crippen LogP contribution in [0.3, 0.4) is 0 Å². The van der Waals surface area contributed by atoms with Crippen molar-refractivity contribution in [1.29, 1.82) is 0 Å². The van der Waals surface area contributed by atoms with Crippen LogP contribution < -0.4 is 10.6 Å². The molecule has 1 unspecified atom stereocenters. The first-order valence-electron chi connectivity index (χ1n) is 6.86. The average Bonchev–Trinajstić information content (AvgIpc) is 2.51. The fourth-order valence-electron chi connectivity index (χ4n) is 2.58. The van der Waals surface area contributed by atoms with Crippen LogP contribution in [0.15, 0.2) is 24.3 Å². The molecule has 0 spiro atoms. The van der Waals surface area contributed by atoms with Crippen molar-refractivity contribution in [3.63, 3.8) is 0 Å². The molecule has 1 aromatic carbocycles. The zero-order chi connectivity index (χ0) is 13.0. The molecule has 1 heterocycles. The van der Waals surface area contributed by atoms with E-state index in [-0.39, 0.29) is 11.9 Å². The van der Waals surface area contributed by atoms with Crippen molar-refractivity contribution in [3.8, 4) is 0 Å². The van der Waals surface area contributed by atoms with E-state index in [2.05, 4.69) is 13.0 Å². The minimum Gasteiger partial charge on any atom is -0.326 e. The van der Waals surface area contributed by atoms with E-state index in [0.29, 0.717) is 13.0 Å². The molecule has 2 N–H and O–H groups in total. The van der Waals surface area contributed by atoms with Crippen LogP contribution in [0.1, 0.15) is 38.2 Å². The molecule has 98 valence electrons. The summed E-state index contributed by atoms with van der Waals surface area (Å²) in [5.41, 5.74) is 8.42. The quantitative estimate of drug-likeness (QED) is 0.887. The van der Waals surface area contributed by atoms with Gasteiger partial charge in [-0.1, -0.05) is 31.5 Å². The lowest BCUT2D eigenvalue weighted by Crippen LogP contribution is -2.41. The van der Waals surface area contributed by atoms with Gasteiger partial charge in [0.05, 0.1) is 0 Å². The maximum atomic E-state index is 12.2. The van der Waals surface area contributed by atoms with E-state index in [0.717, 1.165) is 31.4 Å². The summed E-state index contributed by atoms with van der Waals surface area (Å²) in [6.45, 7) is 2.77. The Morgan fingerprint density at radius 2 is 2.11 bits per heavy atom.